The quantitative estimate of drug-likeness (QED) is 0.472. The number of non-ortho nitro benzene ring substituents is 1. The van der Waals surface area contributed by atoms with Crippen molar-refractivity contribution in [2.75, 3.05) is 6.61 Å². The topological polar surface area (TPSA) is 139 Å². The van der Waals surface area contributed by atoms with Crippen molar-refractivity contribution in [2.24, 2.45) is 0 Å². The molecule has 0 aliphatic carbocycles. The van der Waals surface area contributed by atoms with Crippen molar-refractivity contribution in [1.82, 2.24) is 5.32 Å². The SMILES string of the molecule is CC(O)C(NC(=O)COc1cccc([N+](=O)[O-])c1)C(=O)O. The minimum atomic E-state index is -1.45. The van der Waals surface area contributed by atoms with Crippen LogP contribution in [0.15, 0.2) is 24.3 Å². The molecule has 0 fully saturated rings. The van der Waals surface area contributed by atoms with Gasteiger partial charge in [0, 0.05) is 6.07 Å². The van der Waals surface area contributed by atoms with Crippen LogP contribution in [-0.4, -0.2) is 45.8 Å². The Bertz CT molecular complexity index is 544. The molecule has 0 saturated heterocycles. The van der Waals surface area contributed by atoms with Crippen molar-refractivity contribution in [3.63, 3.8) is 0 Å². The lowest BCUT2D eigenvalue weighted by Crippen LogP contribution is -2.49. The summed E-state index contributed by atoms with van der Waals surface area (Å²) in [5.74, 6) is -2.05. The van der Waals surface area contributed by atoms with Gasteiger partial charge in [0.05, 0.1) is 17.1 Å². The zero-order valence-electron chi connectivity index (χ0n) is 11.1. The molecule has 1 aromatic rings. The average Bonchev–Trinajstić information content (AvgIpc) is 2.42. The van der Waals surface area contributed by atoms with E-state index in [2.05, 4.69) is 5.32 Å². The molecule has 9 heteroatoms. The second-order valence-electron chi connectivity index (χ2n) is 4.17. The number of nitrogens with one attached hydrogen (secondary N) is 1. The highest BCUT2D eigenvalue weighted by molar-refractivity contribution is 5.84. The van der Waals surface area contributed by atoms with E-state index in [1.54, 1.807) is 0 Å². The van der Waals surface area contributed by atoms with Gasteiger partial charge in [-0.25, -0.2) is 4.79 Å². The molecule has 1 amide bonds. The Kier molecular flexibility index (Phi) is 5.61. The van der Waals surface area contributed by atoms with E-state index in [0.717, 1.165) is 6.07 Å². The van der Waals surface area contributed by atoms with Crippen LogP contribution in [0.4, 0.5) is 5.69 Å². The minimum absolute atomic E-state index is 0.100. The number of aliphatic hydroxyl groups excluding tert-OH is 1. The molecule has 0 bridgehead atoms. The number of carbonyl (C=O) groups excluding carboxylic acids is 1. The number of hydrogen-bond acceptors (Lipinski definition) is 6. The molecule has 1 rings (SSSR count). The Morgan fingerprint density at radius 1 is 1.48 bits per heavy atom. The van der Waals surface area contributed by atoms with Crippen molar-refractivity contribution < 1.29 is 29.5 Å². The Morgan fingerprint density at radius 2 is 2.14 bits per heavy atom. The Morgan fingerprint density at radius 3 is 2.67 bits per heavy atom. The first-order valence-corrected chi connectivity index (χ1v) is 5.88. The molecule has 0 saturated carbocycles. The number of rotatable bonds is 7. The van der Waals surface area contributed by atoms with Gasteiger partial charge in [-0.1, -0.05) is 6.07 Å². The molecule has 0 aliphatic heterocycles. The molecular formula is C12H14N2O7. The van der Waals surface area contributed by atoms with Gasteiger partial charge >= 0.3 is 5.97 Å². The summed E-state index contributed by atoms with van der Waals surface area (Å²) in [5, 5.41) is 30.6. The van der Waals surface area contributed by atoms with Crippen LogP contribution in [0.3, 0.4) is 0 Å². The maximum atomic E-state index is 11.5. The van der Waals surface area contributed by atoms with Crippen LogP contribution in [0.1, 0.15) is 6.92 Å². The summed E-state index contributed by atoms with van der Waals surface area (Å²) in [4.78, 5) is 32.2. The summed E-state index contributed by atoms with van der Waals surface area (Å²) in [6.45, 7) is 0.693. The number of nitro groups is 1. The number of carbonyl (C=O) groups is 2. The van der Waals surface area contributed by atoms with Crippen molar-refractivity contribution >= 4 is 17.6 Å². The molecule has 1 aromatic carbocycles. The standard InChI is InChI=1S/C12H14N2O7/c1-7(15)11(12(17)18)13-10(16)6-21-9-4-2-3-8(5-9)14(19)20/h2-5,7,11,15H,6H2,1H3,(H,13,16)(H,17,18). The molecule has 0 aliphatic rings. The molecule has 2 unspecified atom stereocenters. The van der Waals surface area contributed by atoms with Crippen LogP contribution in [0.5, 0.6) is 5.75 Å². The highest BCUT2D eigenvalue weighted by atomic mass is 16.6. The van der Waals surface area contributed by atoms with Gasteiger partial charge in [0.15, 0.2) is 12.6 Å². The van der Waals surface area contributed by atoms with E-state index in [1.165, 1.54) is 25.1 Å². The number of ether oxygens (including phenoxy) is 1. The fraction of sp³-hybridized carbons (Fsp3) is 0.333. The predicted molar refractivity (Wildman–Crippen MR) is 69.8 cm³/mol. The van der Waals surface area contributed by atoms with Crippen molar-refractivity contribution in [3.05, 3.63) is 34.4 Å². The van der Waals surface area contributed by atoms with E-state index in [0.29, 0.717) is 0 Å². The second-order valence-corrected chi connectivity index (χ2v) is 4.17. The lowest BCUT2D eigenvalue weighted by molar-refractivity contribution is -0.384. The third-order valence-corrected chi connectivity index (χ3v) is 2.46. The molecule has 2 atom stereocenters. The van der Waals surface area contributed by atoms with E-state index in [9.17, 15) is 24.8 Å². The maximum absolute atomic E-state index is 11.5. The van der Waals surface area contributed by atoms with Gasteiger partial charge in [-0.15, -0.1) is 0 Å². The number of amides is 1. The number of carboxylic acids is 1. The normalized spacial score (nSPS) is 13.0. The largest absolute Gasteiger partial charge is 0.484 e. The molecular weight excluding hydrogens is 284 g/mol. The van der Waals surface area contributed by atoms with Crippen LogP contribution in [0.2, 0.25) is 0 Å². The van der Waals surface area contributed by atoms with E-state index < -0.39 is 35.6 Å². The molecule has 0 aromatic heterocycles. The molecule has 0 heterocycles. The summed E-state index contributed by atoms with van der Waals surface area (Å²) in [7, 11) is 0. The fourth-order valence-electron chi connectivity index (χ4n) is 1.44. The third kappa shape index (κ3) is 5.07. The van der Waals surface area contributed by atoms with Gasteiger partial charge in [0.2, 0.25) is 0 Å². The number of hydrogen-bond donors (Lipinski definition) is 3. The van der Waals surface area contributed by atoms with Crippen molar-refractivity contribution in [3.8, 4) is 5.75 Å². The summed E-state index contributed by atoms with van der Waals surface area (Å²) >= 11 is 0. The molecule has 114 valence electrons. The highest BCUT2D eigenvalue weighted by Crippen LogP contribution is 2.18. The third-order valence-electron chi connectivity index (χ3n) is 2.46. The van der Waals surface area contributed by atoms with E-state index >= 15 is 0 Å². The summed E-state index contributed by atoms with van der Waals surface area (Å²) in [6, 6.07) is 3.76. The minimum Gasteiger partial charge on any atom is -0.484 e. The first-order valence-electron chi connectivity index (χ1n) is 5.88. The van der Waals surface area contributed by atoms with Gasteiger partial charge in [0.1, 0.15) is 5.75 Å². The van der Waals surface area contributed by atoms with Crippen molar-refractivity contribution in [2.45, 2.75) is 19.1 Å². The van der Waals surface area contributed by atoms with Crippen LogP contribution < -0.4 is 10.1 Å². The molecule has 21 heavy (non-hydrogen) atoms. The molecule has 9 nitrogen and oxygen atoms in total. The number of nitro benzene ring substituents is 1. The Balaban J connectivity index is 2.58. The Labute approximate surface area is 119 Å². The van der Waals surface area contributed by atoms with E-state index in [1.807, 2.05) is 0 Å². The summed E-state index contributed by atoms with van der Waals surface area (Å²) in [5.41, 5.74) is -0.194. The van der Waals surface area contributed by atoms with Crippen molar-refractivity contribution in [1.29, 1.82) is 0 Å². The first-order chi connectivity index (χ1) is 9.81. The van der Waals surface area contributed by atoms with Crippen LogP contribution in [-0.2, 0) is 9.59 Å². The molecule has 3 N–H and O–H groups in total. The van der Waals surface area contributed by atoms with E-state index in [4.69, 9.17) is 9.84 Å². The zero-order chi connectivity index (χ0) is 16.0. The predicted octanol–water partition coefficient (Wildman–Crippen LogP) is -0.0762. The summed E-state index contributed by atoms with van der Waals surface area (Å²) < 4.78 is 5.03. The number of aliphatic hydroxyl groups is 1. The smallest absolute Gasteiger partial charge is 0.328 e. The van der Waals surface area contributed by atoms with Gasteiger partial charge in [-0.2, -0.15) is 0 Å². The van der Waals surface area contributed by atoms with Gasteiger partial charge in [0.25, 0.3) is 11.6 Å². The molecule has 0 radical (unpaired) electrons. The fourth-order valence-corrected chi connectivity index (χ4v) is 1.44. The average molecular weight is 298 g/mol. The highest BCUT2D eigenvalue weighted by Gasteiger charge is 2.25. The maximum Gasteiger partial charge on any atom is 0.328 e. The lowest BCUT2D eigenvalue weighted by atomic mass is 10.2. The second kappa shape index (κ2) is 7.20. The lowest BCUT2D eigenvalue weighted by Gasteiger charge is -2.17. The van der Waals surface area contributed by atoms with Crippen LogP contribution in [0, 0.1) is 10.1 Å². The van der Waals surface area contributed by atoms with Crippen LogP contribution in [0.25, 0.3) is 0 Å². The number of aliphatic carboxylic acids is 1. The van der Waals surface area contributed by atoms with E-state index in [-0.39, 0.29) is 11.4 Å². The van der Waals surface area contributed by atoms with Gasteiger partial charge < -0.3 is 20.3 Å². The number of carboxylic acid groups (broad SMARTS) is 1. The van der Waals surface area contributed by atoms with Gasteiger partial charge in [-0.3, -0.25) is 14.9 Å². The zero-order valence-corrected chi connectivity index (χ0v) is 11.1. The molecule has 0 spiro atoms. The monoisotopic (exact) mass is 298 g/mol. The van der Waals surface area contributed by atoms with Gasteiger partial charge in [-0.05, 0) is 13.0 Å². The first kappa shape index (κ1) is 16.4. The Hall–Kier alpha value is -2.68. The number of benzene rings is 1. The van der Waals surface area contributed by atoms with Crippen LogP contribution >= 0.6 is 0 Å². The summed E-state index contributed by atoms with van der Waals surface area (Å²) in [6.07, 6.45) is -1.27. The number of nitrogens with zero attached hydrogens (tertiary/aromatic N) is 1.